The number of alkyl halides is 3. The predicted octanol–water partition coefficient (Wildman–Crippen LogP) is 2.45. The third-order valence-electron chi connectivity index (χ3n) is 2.77. The Kier molecular flexibility index (Phi) is 6.98. The van der Waals surface area contributed by atoms with Gasteiger partial charge >= 0.3 is 5.51 Å². The van der Waals surface area contributed by atoms with Crippen LogP contribution in [0.25, 0.3) is 0 Å². The van der Waals surface area contributed by atoms with Gasteiger partial charge in [0.05, 0.1) is 10.4 Å². The highest BCUT2D eigenvalue weighted by atomic mass is 32.2. The summed E-state index contributed by atoms with van der Waals surface area (Å²) in [5.74, 6) is -0.626. The molecule has 0 radical (unpaired) electrons. The monoisotopic (exact) mass is 302 g/mol. The van der Waals surface area contributed by atoms with Gasteiger partial charge in [0.2, 0.25) is 5.91 Å². The van der Waals surface area contributed by atoms with Crippen LogP contribution in [0.15, 0.2) is 0 Å². The number of nitrogens with one attached hydrogen (secondary N) is 1. The fourth-order valence-corrected chi connectivity index (χ4v) is 2.35. The van der Waals surface area contributed by atoms with Crippen LogP contribution < -0.4 is 11.1 Å². The van der Waals surface area contributed by atoms with E-state index in [1.165, 1.54) is 0 Å². The van der Waals surface area contributed by atoms with E-state index in [-0.39, 0.29) is 29.0 Å². The molecule has 0 saturated carbocycles. The number of carbonyl (C=O) groups excluding carboxylic acids is 1. The van der Waals surface area contributed by atoms with Crippen molar-refractivity contribution >= 4 is 34.9 Å². The molecule has 3 nitrogen and oxygen atoms in total. The minimum atomic E-state index is -4.28. The van der Waals surface area contributed by atoms with Crippen molar-refractivity contribution in [2.24, 2.45) is 11.1 Å². The molecule has 18 heavy (non-hydrogen) atoms. The Labute approximate surface area is 114 Å². The third-order valence-corrected chi connectivity index (χ3v) is 3.89. The Balaban J connectivity index is 4.34. The van der Waals surface area contributed by atoms with Gasteiger partial charge in [-0.2, -0.15) is 13.2 Å². The van der Waals surface area contributed by atoms with E-state index in [1.54, 1.807) is 13.8 Å². The average Bonchev–Trinajstić information content (AvgIpc) is 2.25. The van der Waals surface area contributed by atoms with Crippen LogP contribution in [-0.4, -0.2) is 28.7 Å². The SMILES string of the molecule is CCC(CC)(C(=O)NCCSC(F)(F)F)C(N)=S. The number of hydrogen-bond donors (Lipinski definition) is 2. The van der Waals surface area contributed by atoms with E-state index in [9.17, 15) is 18.0 Å². The Bertz CT molecular complexity index is 304. The molecule has 0 aliphatic carbocycles. The second-order valence-electron chi connectivity index (χ2n) is 3.70. The zero-order valence-electron chi connectivity index (χ0n) is 10.3. The molecule has 0 rings (SSSR count). The quantitative estimate of drug-likeness (QED) is 0.560. The topological polar surface area (TPSA) is 55.1 Å². The van der Waals surface area contributed by atoms with Crippen molar-refractivity contribution in [3.05, 3.63) is 0 Å². The fourth-order valence-electron chi connectivity index (χ4n) is 1.53. The highest BCUT2D eigenvalue weighted by molar-refractivity contribution is 8.00. The molecule has 0 atom stereocenters. The van der Waals surface area contributed by atoms with Gasteiger partial charge in [0.25, 0.3) is 0 Å². The van der Waals surface area contributed by atoms with Crippen LogP contribution in [0.2, 0.25) is 0 Å². The van der Waals surface area contributed by atoms with Crippen molar-refractivity contribution in [2.75, 3.05) is 12.3 Å². The minimum absolute atomic E-state index is 0.0621. The molecule has 3 N–H and O–H groups in total. The van der Waals surface area contributed by atoms with Crippen LogP contribution in [0, 0.1) is 5.41 Å². The van der Waals surface area contributed by atoms with E-state index in [4.69, 9.17) is 18.0 Å². The molecule has 0 saturated heterocycles. The summed E-state index contributed by atoms with van der Waals surface area (Å²) in [5.41, 5.74) is 0.315. The van der Waals surface area contributed by atoms with E-state index in [2.05, 4.69) is 5.32 Å². The lowest BCUT2D eigenvalue weighted by Gasteiger charge is -2.28. The molecule has 0 aromatic rings. The molecular weight excluding hydrogens is 285 g/mol. The highest BCUT2D eigenvalue weighted by Crippen LogP contribution is 2.30. The maximum absolute atomic E-state index is 11.9. The van der Waals surface area contributed by atoms with Crippen molar-refractivity contribution in [3.8, 4) is 0 Å². The maximum atomic E-state index is 11.9. The first-order valence-electron chi connectivity index (χ1n) is 5.48. The number of nitrogens with two attached hydrogens (primary N) is 1. The first-order chi connectivity index (χ1) is 8.19. The number of rotatable bonds is 7. The number of thioether (sulfide) groups is 1. The lowest BCUT2D eigenvalue weighted by molar-refractivity contribution is -0.127. The van der Waals surface area contributed by atoms with Gasteiger partial charge in [-0.05, 0) is 24.6 Å². The molecule has 0 fully saturated rings. The molecule has 0 aliphatic rings. The Morgan fingerprint density at radius 2 is 1.83 bits per heavy atom. The molecule has 0 aromatic carbocycles. The molecule has 0 unspecified atom stereocenters. The summed E-state index contributed by atoms with van der Waals surface area (Å²) >= 11 is 4.70. The van der Waals surface area contributed by atoms with Gasteiger partial charge in [-0.25, -0.2) is 0 Å². The summed E-state index contributed by atoms with van der Waals surface area (Å²) in [6, 6.07) is 0. The van der Waals surface area contributed by atoms with Crippen LogP contribution in [0.1, 0.15) is 26.7 Å². The normalized spacial score (nSPS) is 12.3. The van der Waals surface area contributed by atoms with Crippen molar-refractivity contribution < 1.29 is 18.0 Å². The Morgan fingerprint density at radius 3 is 2.17 bits per heavy atom. The first kappa shape index (κ1) is 17.5. The molecule has 8 heteroatoms. The fraction of sp³-hybridized carbons (Fsp3) is 0.800. The number of thiocarbonyl (C=S) groups is 1. The molecule has 0 spiro atoms. The summed E-state index contributed by atoms with van der Waals surface area (Å²) in [6.07, 6.45) is 0.855. The second kappa shape index (κ2) is 7.18. The lowest BCUT2D eigenvalue weighted by Crippen LogP contribution is -2.48. The zero-order chi connectivity index (χ0) is 14.4. The predicted molar refractivity (Wildman–Crippen MR) is 71.3 cm³/mol. The first-order valence-corrected chi connectivity index (χ1v) is 6.88. The van der Waals surface area contributed by atoms with Gasteiger partial charge < -0.3 is 11.1 Å². The van der Waals surface area contributed by atoms with E-state index in [0.717, 1.165) is 0 Å². The van der Waals surface area contributed by atoms with Crippen LogP contribution in [0.4, 0.5) is 13.2 Å². The van der Waals surface area contributed by atoms with Gasteiger partial charge in [-0.3, -0.25) is 4.79 Å². The molecule has 106 valence electrons. The average molecular weight is 302 g/mol. The highest BCUT2D eigenvalue weighted by Gasteiger charge is 2.37. The summed E-state index contributed by atoms with van der Waals surface area (Å²) in [7, 11) is 0. The van der Waals surface area contributed by atoms with Gasteiger partial charge in [-0.1, -0.05) is 26.1 Å². The molecule has 1 amide bonds. The van der Waals surface area contributed by atoms with E-state index >= 15 is 0 Å². The molecule has 0 bridgehead atoms. The molecular formula is C10H17F3N2OS2. The Hall–Kier alpha value is -0.500. The Morgan fingerprint density at radius 1 is 1.33 bits per heavy atom. The molecule has 0 aromatic heterocycles. The van der Waals surface area contributed by atoms with E-state index < -0.39 is 16.8 Å². The second-order valence-corrected chi connectivity index (χ2v) is 5.30. The number of carbonyl (C=O) groups is 1. The largest absolute Gasteiger partial charge is 0.441 e. The van der Waals surface area contributed by atoms with Gasteiger partial charge in [-0.15, -0.1) is 0 Å². The summed E-state index contributed by atoms with van der Waals surface area (Å²) < 4.78 is 35.7. The summed E-state index contributed by atoms with van der Waals surface area (Å²) in [5, 5.41) is 2.45. The van der Waals surface area contributed by atoms with Crippen molar-refractivity contribution in [2.45, 2.75) is 32.2 Å². The van der Waals surface area contributed by atoms with Gasteiger partial charge in [0.15, 0.2) is 0 Å². The number of amides is 1. The van der Waals surface area contributed by atoms with Gasteiger partial charge in [0.1, 0.15) is 0 Å². The standard InChI is InChI=1S/C10H17F3N2OS2/c1-3-9(4-2,7(14)17)8(16)15-5-6-18-10(11,12)13/h3-6H2,1-2H3,(H2,14,17)(H,15,16). The maximum Gasteiger partial charge on any atom is 0.441 e. The van der Waals surface area contributed by atoms with Crippen molar-refractivity contribution in [1.29, 1.82) is 0 Å². The molecule has 0 heterocycles. The van der Waals surface area contributed by atoms with Crippen LogP contribution >= 0.6 is 24.0 Å². The summed E-state index contributed by atoms with van der Waals surface area (Å²) in [6.45, 7) is 3.48. The minimum Gasteiger partial charge on any atom is -0.392 e. The third kappa shape index (κ3) is 5.01. The van der Waals surface area contributed by atoms with Crippen molar-refractivity contribution in [3.63, 3.8) is 0 Å². The van der Waals surface area contributed by atoms with Gasteiger partial charge in [0, 0.05) is 12.3 Å². The van der Waals surface area contributed by atoms with Crippen molar-refractivity contribution in [1.82, 2.24) is 5.32 Å². The van der Waals surface area contributed by atoms with Crippen LogP contribution in [-0.2, 0) is 4.79 Å². The van der Waals surface area contributed by atoms with E-state index in [1.807, 2.05) is 0 Å². The van der Waals surface area contributed by atoms with E-state index in [0.29, 0.717) is 12.8 Å². The lowest BCUT2D eigenvalue weighted by atomic mass is 9.81. The molecule has 0 aliphatic heterocycles. The smallest absolute Gasteiger partial charge is 0.392 e. The van der Waals surface area contributed by atoms with Crippen LogP contribution in [0.3, 0.4) is 0 Å². The van der Waals surface area contributed by atoms with Crippen LogP contribution in [0.5, 0.6) is 0 Å². The zero-order valence-corrected chi connectivity index (χ0v) is 11.9. The summed E-state index contributed by atoms with van der Waals surface area (Å²) in [4.78, 5) is 12.0. The number of hydrogen-bond acceptors (Lipinski definition) is 3. The number of halogens is 3.